The van der Waals surface area contributed by atoms with Gasteiger partial charge in [0.1, 0.15) is 5.82 Å². The zero-order valence-corrected chi connectivity index (χ0v) is 11.8. The summed E-state index contributed by atoms with van der Waals surface area (Å²) in [7, 11) is 0. The highest BCUT2D eigenvalue weighted by Crippen LogP contribution is 2.29. The topological polar surface area (TPSA) is 12.0 Å². The molecule has 1 aliphatic carbocycles. The van der Waals surface area contributed by atoms with Gasteiger partial charge in [0.15, 0.2) is 0 Å². The van der Waals surface area contributed by atoms with E-state index in [1.54, 1.807) is 6.07 Å². The third-order valence-electron chi connectivity index (χ3n) is 3.54. The number of hydrogen-bond donors (Lipinski definition) is 1. The van der Waals surface area contributed by atoms with Crippen molar-refractivity contribution in [1.29, 1.82) is 0 Å². The van der Waals surface area contributed by atoms with Gasteiger partial charge in [-0.1, -0.05) is 13.0 Å². The van der Waals surface area contributed by atoms with Gasteiger partial charge in [-0.05, 0) is 71.8 Å². The second-order valence-electron chi connectivity index (χ2n) is 4.89. The van der Waals surface area contributed by atoms with Crippen molar-refractivity contribution < 1.29 is 4.39 Å². The Morgan fingerprint density at radius 1 is 1.41 bits per heavy atom. The first-order chi connectivity index (χ1) is 8.19. The molecule has 1 saturated carbocycles. The molecule has 94 valence electrons. The molecule has 2 rings (SSSR count). The minimum absolute atomic E-state index is 0.175. The standard InChI is InChI=1S/C14H19BrFN/c1-2-17-12-5-3-10(8-12)7-11-4-6-14(16)13(15)9-11/h4,6,9-10,12,17H,2-3,5,7-8H2,1H3. The van der Waals surface area contributed by atoms with Crippen molar-refractivity contribution in [1.82, 2.24) is 5.32 Å². The first-order valence-electron chi connectivity index (χ1n) is 6.36. The summed E-state index contributed by atoms with van der Waals surface area (Å²) in [6.45, 7) is 3.21. The van der Waals surface area contributed by atoms with Crippen LogP contribution in [0.5, 0.6) is 0 Å². The molecule has 0 amide bonds. The van der Waals surface area contributed by atoms with Crippen LogP contribution in [-0.4, -0.2) is 12.6 Å². The number of hydrogen-bond acceptors (Lipinski definition) is 1. The van der Waals surface area contributed by atoms with E-state index in [0.717, 1.165) is 18.9 Å². The molecular formula is C14H19BrFN. The molecule has 1 aromatic carbocycles. The summed E-state index contributed by atoms with van der Waals surface area (Å²) in [5.41, 5.74) is 1.24. The van der Waals surface area contributed by atoms with Crippen LogP contribution in [0.25, 0.3) is 0 Å². The maximum atomic E-state index is 13.1. The Bertz CT molecular complexity index is 380. The third-order valence-corrected chi connectivity index (χ3v) is 4.15. The van der Waals surface area contributed by atoms with Crippen molar-refractivity contribution in [3.63, 3.8) is 0 Å². The van der Waals surface area contributed by atoms with Gasteiger partial charge in [-0.3, -0.25) is 0 Å². The summed E-state index contributed by atoms with van der Waals surface area (Å²) in [5, 5.41) is 3.51. The Hall–Kier alpha value is -0.410. The average Bonchev–Trinajstić information content (AvgIpc) is 2.72. The van der Waals surface area contributed by atoms with Gasteiger partial charge in [0.25, 0.3) is 0 Å². The molecule has 1 N–H and O–H groups in total. The van der Waals surface area contributed by atoms with Crippen molar-refractivity contribution >= 4 is 15.9 Å². The van der Waals surface area contributed by atoms with Crippen molar-refractivity contribution in [3.8, 4) is 0 Å². The minimum Gasteiger partial charge on any atom is -0.314 e. The fourth-order valence-corrected chi connectivity index (χ4v) is 3.16. The highest BCUT2D eigenvalue weighted by Gasteiger charge is 2.23. The van der Waals surface area contributed by atoms with Gasteiger partial charge < -0.3 is 5.32 Å². The Labute approximate surface area is 111 Å². The minimum atomic E-state index is -0.175. The van der Waals surface area contributed by atoms with E-state index in [4.69, 9.17) is 0 Å². The Kier molecular flexibility index (Phi) is 4.57. The predicted molar refractivity (Wildman–Crippen MR) is 72.6 cm³/mol. The van der Waals surface area contributed by atoms with E-state index in [1.807, 2.05) is 12.1 Å². The summed E-state index contributed by atoms with van der Waals surface area (Å²) in [4.78, 5) is 0. The van der Waals surface area contributed by atoms with Gasteiger partial charge in [0, 0.05) is 6.04 Å². The van der Waals surface area contributed by atoms with Crippen molar-refractivity contribution in [2.45, 2.75) is 38.6 Å². The maximum Gasteiger partial charge on any atom is 0.137 e. The molecule has 1 fully saturated rings. The van der Waals surface area contributed by atoms with Crippen LogP contribution in [0.2, 0.25) is 0 Å². The summed E-state index contributed by atoms with van der Waals surface area (Å²) in [5.74, 6) is 0.571. The molecule has 0 heterocycles. The molecule has 2 atom stereocenters. The van der Waals surface area contributed by atoms with Gasteiger partial charge in [-0.25, -0.2) is 4.39 Å². The van der Waals surface area contributed by atoms with Crippen molar-refractivity contribution in [2.75, 3.05) is 6.54 Å². The molecule has 1 nitrogen and oxygen atoms in total. The lowest BCUT2D eigenvalue weighted by molar-refractivity contribution is 0.493. The summed E-state index contributed by atoms with van der Waals surface area (Å²) in [6, 6.07) is 6.06. The zero-order chi connectivity index (χ0) is 12.3. The Balaban J connectivity index is 1.91. The van der Waals surface area contributed by atoms with Gasteiger partial charge in [0.05, 0.1) is 4.47 Å². The van der Waals surface area contributed by atoms with Gasteiger partial charge >= 0.3 is 0 Å². The largest absolute Gasteiger partial charge is 0.314 e. The fraction of sp³-hybridized carbons (Fsp3) is 0.571. The van der Waals surface area contributed by atoms with Gasteiger partial charge in [0.2, 0.25) is 0 Å². The lowest BCUT2D eigenvalue weighted by atomic mass is 9.98. The van der Waals surface area contributed by atoms with E-state index in [0.29, 0.717) is 10.5 Å². The zero-order valence-electron chi connectivity index (χ0n) is 10.2. The molecule has 0 bridgehead atoms. The van der Waals surface area contributed by atoms with Crippen LogP contribution in [0.3, 0.4) is 0 Å². The lowest BCUT2D eigenvalue weighted by Gasteiger charge is -2.12. The number of nitrogens with one attached hydrogen (secondary N) is 1. The number of rotatable bonds is 4. The molecule has 0 aromatic heterocycles. The molecule has 0 spiro atoms. The fourth-order valence-electron chi connectivity index (χ4n) is 2.73. The monoisotopic (exact) mass is 299 g/mol. The summed E-state index contributed by atoms with van der Waals surface area (Å²) >= 11 is 3.24. The second kappa shape index (κ2) is 5.96. The molecule has 0 radical (unpaired) electrons. The third kappa shape index (κ3) is 3.52. The van der Waals surface area contributed by atoms with Gasteiger partial charge in [-0.15, -0.1) is 0 Å². The van der Waals surface area contributed by atoms with E-state index in [-0.39, 0.29) is 5.82 Å². The van der Waals surface area contributed by atoms with Crippen LogP contribution >= 0.6 is 15.9 Å². The highest BCUT2D eigenvalue weighted by atomic mass is 79.9. The van der Waals surface area contributed by atoms with Crippen LogP contribution in [0.4, 0.5) is 4.39 Å². The predicted octanol–water partition coefficient (Wildman–Crippen LogP) is 3.91. The normalized spacial score (nSPS) is 24.2. The average molecular weight is 300 g/mol. The first-order valence-corrected chi connectivity index (χ1v) is 7.15. The molecular weight excluding hydrogens is 281 g/mol. The van der Waals surface area contributed by atoms with Crippen LogP contribution in [0.15, 0.2) is 22.7 Å². The van der Waals surface area contributed by atoms with Crippen LogP contribution in [0, 0.1) is 11.7 Å². The van der Waals surface area contributed by atoms with E-state index in [2.05, 4.69) is 28.2 Å². The number of halogens is 2. The molecule has 17 heavy (non-hydrogen) atoms. The van der Waals surface area contributed by atoms with E-state index in [1.165, 1.54) is 24.8 Å². The smallest absolute Gasteiger partial charge is 0.137 e. The molecule has 2 unspecified atom stereocenters. The first kappa shape index (κ1) is 13.0. The van der Waals surface area contributed by atoms with Crippen LogP contribution in [0.1, 0.15) is 31.7 Å². The molecule has 1 aliphatic rings. The second-order valence-corrected chi connectivity index (χ2v) is 5.74. The lowest BCUT2D eigenvalue weighted by Crippen LogP contribution is -2.25. The van der Waals surface area contributed by atoms with Crippen molar-refractivity contribution in [3.05, 3.63) is 34.1 Å². The molecule has 3 heteroatoms. The SMILES string of the molecule is CCNC1CCC(Cc2ccc(F)c(Br)c2)C1. The van der Waals surface area contributed by atoms with E-state index < -0.39 is 0 Å². The number of benzene rings is 1. The molecule has 0 aliphatic heterocycles. The Morgan fingerprint density at radius 2 is 2.24 bits per heavy atom. The Morgan fingerprint density at radius 3 is 2.94 bits per heavy atom. The van der Waals surface area contributed by atoms with Gasteiger partial charge in [-0.2, -0.15) is 0 Å². The van der Waals surface area contributed by atoms with Crippen LogP contribution < -0.4 is 5.32 Å². The summed E-state index contributed by atoms with van der Waals surface area (Å²) < 4.78 is 13.7. The van der Waals surface area contributed by atoms with Crippen molar-refractivity contribution in [2.24, 2.45) is 5.92 Å². The molecule has 1 aromatic rings. The molecule has 0 saturated heterocycles. The summed E-state index contributed by atoms with van der Waals surface area (Å²) in [6.07, 6.45) is 4.89. The quantitative estimate of drug-likeness (QED) is 0.889. The maximum absolute atomic E-state index is 13.1. The van der Waals surface area contributed by atoms with E-state index in [9.17, 15) is 4.39 Å². The van der Waals surface area contributed by atoms with E-state index >= 15 is 0 Å². The van der Waals surface area contributed by atoms with Crippen LogP contribution in [-0.2, 0) is 6.42 Å². The highest BCUT2D eigenvalue weighted by molar-refractivity contribution is 9.10.